The Morgan fingerprint density at radius 1 is 1.30 bits per heavy atom. The zero-order chi connectivity index (χ0) is 14.2. The maximum Gasteiger partial charge on any atom is 0.236 e. The minimum Gasteiger partial charge on any atom is -0.253 e. The van der Waals surface area contributed by atoms with E-state index in [1.54, 1.807) is 0 Å². The minimum absolute atomic E-state index is 0.206. The number of para-hydroxylation sites is 1. The molecule has 3 rings (SSSR count). The van der Waals surface area contributed by atoms with Crippen LogP contribution in [0.2, 0.25) is 0 Å². The summed E-state index contributed by atoms with van der Waals surface area (Å²) >= 11 is 0. The van der Waals surface area contributed by atoms with Crippen LogP contribution in [0.15, 0.2) is 30.3 Å². The highest BCUT2D eigenvalue weighted by Crippen LogP contribution is 2.31. The van der Waals surface area contributed by atoms with Crippen LogP contribution in [0.4, 0.5) is 5.82 Å². The zero-order valence-electron chi connectivity index (χ0n) is 11.5. The lowest BCUT2D eigenvalue weighted by Crippen LogP contribution is -2.31. The minimum atomic E-state index is -3.23. The summed E-state index contributed by atoms with van der Waals surface area (Å²) in [4.78, 5) is 4.56. The SMILES string of the molecule is CCCCS(=O)(=O)N1CCc2cc3ccccc3nc21. The number of fused-ring (bicyclic) bond motifs is 2. The van der Waals surface area contributed by atoms with Crippen molar-refractivity contribution in [2.75, 3.05) is 16.6 Å². The number of aromatic nitrogens is 1. The van der Waals surface area contributed by atoms with Crippen LogP contribution in [0.25, 0.3) is 10.9 Å². The Kier molecular flexibility index (Phi) is 3.38. The lowest BCUT2D eigenvalue weighted by molar-refractivity contribution is 0.588. The molecule has 1 aromatic carbocycles. The van der Waals surface area contributed by atoms with Gasteiger partial charge in [-0.3, -0.25) is 4.31 Å². The third-order valence-electron chi connectivity index (χ3n) is 3.69. The Balaban J connectivity index is 2.03. The molecule has 1 aliphatic heterocycles. The average molecular weight is 290 g/mol. The summed E-state index contributed by atoms with van der Waals surface area (Å²) in [5.74, 6) is 0.831. The summed E-state index contributed by atoms with van der Waals surface area (Å²) in [6, 6.07) is 9.89. The first-order chi connectivity index (χ1) is 9.62. The van der Waals surface area contributed by atoms with Gasteiger partial charge in [0.15, 0.2) is 0 Å². The highest BCUT2D eigenvalue weighted by Gasteiger charge is 2.30. The van der Waals surface area contributed by atoms with Crippen molar-refractivity contribution in [2.45, 2.75) is 26.2 Å². The molecule has 0 spiro atoms. The third-order valence-corrected chi connectivity index (χ3v) is 5.52. The highest BCUT2D eigenvalue weighted by atomic mass is 32.2. The van der Waals surface area contributed by atoms with Gasteiger partial charge < -0.3 is 0 Å². The van der Waals surface area contributed by atoms with Gasteiger partial charge >= 0.3 is 0 Å². The molecule has 0 N–H and O–H groups in total. The molecule has 0 unspecified atom stereocenters. The molecule has 0 radical (unpaired) electrons. The molecule has 1 aromatic heterocycles. The molecule has 2 aromatic rings. The molecule has 0 saturated heterocycles. The van der Waals surface area contributed by atoms with E-state index < -0.39 is 10.0 Å². The van der Waals surface area contributed by atoms with Crippen LogP contribution >= 0.6 is 0 Å². The lowest BCUT2D eigenvalue weighted by Gasteiger charge is -2.18. The number of unbranched alkanes of at least 4 members (excludes halogenated alkanes) is 1. The van der Waals surface area contributed by atoms with Crippen molar-refractivity contribution in [1.82, 2.24) is 4.98 Å². The molecule has 106 valence electrons. The van der Waals surface area contributed by atoms with Crippen LogP contribution in [-0.2, 0) is 16.4 Å². The van der Waals surface area contributed by atoms with Crippen molar-refractivity contribution in [3.63, 3.8) is 0 Å². The van der Waals surface area contributed by atoms with E-state index in [1.807, 2.05) is 31.2 Å². The predicted octanol–water partition coefficient (Wildman–Crippen LogP) is 2.73. The van der Waals surface area contributed by atoms with Gasteiger partial charge in [-0.1, -0.05) is 31.5 Å². The van der Waals surface area contributed by atoms with E-state index >= 15 is 0 Å². The lowest BCUT2D eigenvalue weighted by atomic mass is 10.1. The van der Waals surface area contributed by atoms with Gasteiger partial charge in [-0.25, -0.2) is 13.4 Å². The molecule has 5 heteroatoms. The summed E-state index contributed by atoms with van der Waals surface area (Å²) in [5, 5.41) is 1.07. The monoisotopic (exact) mass is 290 g/mol. The molecular formula is C15H18N2O2S. The van der Waals surface area contributed by atoms with Gasteiger partial charge in [-0.2, -0.15) is 0 Å². The van der Waals surface area contributed by atoms with Crippen LogP contribution in [-0.4, -0.2) is 25.7 Å². The molecule has 4 nitrogen and oxygen atoms in total. The van der Waals surface area contributed by atoms with E-state index in [0.717, 1.165) is 29.3 Å². The molecular weight excluding hydrogens is 272 g/mol. The summed E-state index contributed by atoms with van der Waals surface area (Å²) in [6.45, 7) is 2.52. The van der Waals surface area contributed by atoms with Gasteiger partial charge in [0, 0.05) is 11.9 Å². The number of benzene rings is 1. The van der Waals surface area contributed by atoms with Crippen molar-refractivity contribution in [3.8, 4) is 0 Å². The maximum absolute atomic E-state index is 12.4. The Morgan fingerprint density at radius 2 is 2.10 bits per heavy atom. The molecule has 20 heavy (non-hydrogen) atoms. The molecule has 1 aliphatic rings. The summed E-state index contributed by atoms with van der Waals surface area (Å²) in [5.41, 5.74) is 1.88. The van der Waals surface area contributed by atoms with Crippen LogP contribution in [0, 0.1) is 0 Å². The Morgan fingerprint density at radius 3 is 2.90 bits per heavy atom. The molecule has 0 bridgehead atoms. The first-order valence-electron chi connectivity index (χ1n) is 7.01. The number of nitrogens with zero attached hydrogens (tertiary/aromatic N) is 2. The number of hydrogen-bond acceptors (Lipinski definition) is 3. The Labute approximate surface area is 119 Å². The summed E-state index contributed by atoms with van der Waals surface area (Å²) in [7, 11) is -3.23. The van der Waals surface area contributed by atoms with E-state index in [-0.39, 0.29) is 5.75 Å². The largest absolute Gasteiger partial charge is 0.253 e. The fourth-order valence-electron chi connectivity index (χ4n) is 2.59. The van der Waals surface area contributed by atoms with Crippen LogP contribution < -0.4 is 4.31 Å². The van der Waals surface area contributed by atoms with E-state index in [2.05, 4.69) is 11.1 Å². The first kappa shape index (κ1) is 13.4. The van der Waals surface area contributed by atoms with Gasteiger partial charge in [-0.15, -0.1) is 0 Å². The quantitative estimate of drug-likeness (QED) is 0.870. The standard InChI is InChI=1S/C15H18N2O2S/c1-2-3-10-20(18,19)17-9-8-13-11-12-6-4-5-7-14(12)16-15(13)17/h4-7,11H,2-3,8-10H2,1H3. The number of anilines is 1. The normalized spacial score (nSPS) is 14.8. The van der Waals surface area contributed by atoms with Crippen LogP contribution in [0.1, 0.15) is 25.3 Å². The van der Waals surface area contributed by atoms with Crippen molar-refractivity contribution < 1.29 is 8.42 Å². The van der Waals surface area contributed by atoms with Crippen molar-refractivity contribution in [3.05, 3.63) is 35.9 Å². The Bertz CT molecular complexity index is 741. The maximum atomic E-state index is 12.4. The number of sulfonamides is 1. The van der Waals surface area contributed by atoms with Gasteiger partial charge in [-0.05, 0) is 30.5 Å². The van der Waals surface area contributed by atoms with Gasteiger partial charge in [0.1, 0.15) is 5.82 Å². The van der Waals surface area contributed by atoms with Gasteiger partial charge in [0.2, 0.25) is 10.0 Å². The molecule has 0 aliphatic carbocycles. The van der Waals surface area contributed by atoms with Crippen molar-refractivity contribution in [2.24, 2.45) is 0 Å². The fourth-order valence-corrected chi connectivity index (χ4v) is 4.25. The highest BCUT2D eigenvalue weighted by molar-refractivity contribution is 7.92. The number of hydrogen-bond donors (Lipinski definition) is 0. The van der Waals surface area contributed by atoms with E-state index in [0.29, 0.717) is 18.8 Å². The van der Waals surface area contributed by atoms with Crippen molar-refractivity contribution >= 4 is 26.7 Å². The third kappa shape index (κ3) is 2.26. The number of rotatable bonds is 4. The second-order valence-electron chi connectivity index (χ2n) is 5.16. The molecule has 0 fully saturated rings. The molecule has 0 amide bonds. The average Bonchev–Trinajstić information content (AvgIpc) is 2.86. The van der Waals surface area contributed by atoms with Crippen LogP contribution in [0.3, 0.4) is 0 Å². The first-order valence-corrected chi connectivity index (χ1v) is 8.62. The van der Waals surface area contributed by atoms with Crippen LogP contribution in [0.5, 0.6) is 0 Å². The van der Waals surface area contributed by atoms with E-state index in [9.17, 15) is 8.42 Å². The second kappa shape index (κ2) is 5.05. The van der Waals surface area contributed by atoms with Crippen molar-refractivity contribution in [1.29, 1.82) is 0 Å². The fraction of sp³-hybridized carbons (Fsp3) is 0.400. The second-order valence-corrected chi connectivity index (χ2v) is 7.17. The Hall–Kier alpha value is -1.62. The van der Waals surface area contributed by atoms with Gasteiger partial charge in [0.05, 0.1) is 11.3 Å². The topological polar surface area (TPSA) is 50.3 Å². The molecule has 0 atom stereocenters. The number of pyridine rings is 1. The summed E-state index contributed by atoms with van der Waals surface area (Å²) in [6.07, 6.45) is 2.32. The van der Waals surface area contributed by atoms with E-state index in [4.69, 9.17) is 0 Å². The molecule has 2 heterocycles. The summed E-state index contributed by atoms with van der Waals surface area (Å²) < 4.78 is 26.2. The molecule has 0 saturated carbocycles. The van der Waals surface area contributed by atoms with Gasteiger partial charge in [0.25, 0.3) is 0 Å². The van der Waals surface area contributed by atoms with E-state index in [1.165, 1.54) is 4.31 Å². The zero-order valence-corrected chi connectivity index (χ0v) is 12.4. The smallest absolute Gasteiger partial charge is 0.236 e. The predicted molar refractivity (Wildman–Crippen MR) is 81.5 cm³/mol.